The zero-order valence-corrected chi connectivity index (χ0v) is 18.6. The van der Waals surface area contributed by atoms with E-state index in [2.05, 4.69) is 0 Å². The molecular formula is C26H29NO4. The summed E-state index contributed by atoms with van der Waals surface area (Å²) in [6.07, 6.45) is 4.18. The van der Waals surface area contributed by atoms with Gasteiger partial charge in [0.1, 0.15) is 23.1 Å². The van der Waals surface area contributed by atoms with Gasteiger partial charge in [0.2, 0.25) is 0 Å². The monoisotopic (exact) mass is 419 g/mol. The van der Waals surface area contributed by atoms with Crippen molar-refractivity contribution in [3.8, 4) is 17.2 Å². The van der Waals surface area contributed by atoms with Crippen LogP contribution in [0.5, 0.6) is 11.5 Å². The highest BCUT2D eigenvalue weighted by atomic mass is 16.3. The molecule has 5 heteroatoms. The van der Waals surface area contributed by atoms with E-state index in [1.807, 2.05) is 62.9 Å². The second-order valence-corrected chi connectivity index (χ2v) is 9.04. The van der Waals surface area contributed by atoms with Crippen molar-refractivity contribution in [2.75, 3.05) is 0 Å². The molecule has 31 heavy (non-hydrogen) atoms. The van der Waals surface area contributed by atoms with Crippen molar-refractivity contribution < 1.29 is 19.8 Å². The van der Waals surface area contributed by atoms with Gasteiger partial charge in [-0.15, -0.1) is 0 Å². The number of aromatic hydroxyl groups is 2. The Morgan fingerprint density at radius 2 is 1.61 bits per heavy atom. The van der Waals surface area contributed by atoms with E-state index >= 15 is 0 Å². The standard InChI is InChI=1S/C15H15NO2.C11H14O2/c1-15(2)11-9-12(16-5-3-4-6-16)13(17)7-10(11)8-14(15)18;1-8(12)11(2,3)9-4-6-10(13)7-5-9/h3-7,9,17H,8H2,1-2H3;4-7,13H,1-3H3. The van der Waals surface area contributed by atoms with Gasteiger partial charge in [-0.3, -0.25) is 9.59 Å². The Balaban J connectivity index is 0.000000187. The van der Waals surface area contributed by atoms with Gasteiger partial charge in [-0.2, -0.15) is 0 Å². The zero-order valence-electron chi connectivity index (χ0n) is 18.6. The Morgan fingerprint density at radius 3 is 2.16 bits per heavy atom. The number of nitrogens with zero attached hydrogens (tertiary/aromatic N) is 1. The Bertz CT molecular complexity index is 1110. The van der Waals surface area contributed by atoms with E-state index in [0.717, 1.165) is 22.4 Å². The van der Waals surface area contributed by atoms with Crippen LogP contribution in [0.4, 0.5) is 0 Å². The molecular weight excluding hydrogens is 390 g/mol. The second kappa shape index (κ2) is 8.06. The number of hydrogen-bond acceptors (Lipinski definition) is 4. The maximum atomic E-state index is 12.0. The third-order valence-electron chi connectivity index (χ3n) is 6.27. The Hall–Kier alpha value is -3.34. The van der Waals surface area contributed by atoms with E-state index in [9.17, 15) is 14.7 Å². The largest absolute Gasteiger partial charge is 0.508 e. The van der Waals surface area contributed by atoms with E-state index in [4.69, 9.17) is 5.11 Å². The molecule has 2 N–H and O–H groups in total. The summed E-state index contributed by atoms with van der Waals surface area (Å²) in [4.78, 5) is 23.3. The number of ketones is 2. The lowest BCUT2D eigenvalue weighted by molar-refractivity contribution is -0.122. The number of rotatable bonds is 3. The highest BCUT2D eigenvalue weighted by Crippen LogP contribution is 2.39. The fraction of sp³-hybridized carbons (Fsp3) is 0.308. The molecule has 3 aromatic rings. The molecule has 0 fully saturated rings. The van der Waals surface area contributed by atoms with E-state index < -0.39 is 10.8 Å². The fourth-order valence-corrected chi connectivity index (χ4v) is 3.68. The van der Waals surface area contributed by atoms with Gasteiger partial charge < -0.3 is 14.8 Å². The first-order valence-corrected chi connectivity index (χ1v) is 10.3. The van der Waals surface area contributed by atoms with Gasteiger partial charge in [0, 0.05) is 29.6 Å². The van der Waals surface area contributed by atoms with Crippen LogP contribution in [0.1, 0.15) is 51.3 Å². The Morgan fingerprint density at radius 1 is 1.03 bits per heavy atom. The maximum absolute atomic E-state index is 12.0. The van der Waals surface area contributed by atoms with Gasteiger partial charge in [-0.25, -0.2) is 0 Å². The van der Waals surface area contributed by atoms with Crippen LogP contribution in [-0.2, 0) is 26.8 Å². The minimum Gasteiger partial charge on any atom is -0.508 e. The minimum absolute atomic E-state index is 0.123. The molecule has 0 atom stereocenters. The van der Waals surface area contributed by atoms with Gasteiger partial charge in [0.25, 0.3) is 0 Å². The molecule has 162 valence electrons. The van der Waals surface area contributed by atoms with Crippen molar-refractivity contribution >= 4 is 11.6 Å². The molecule has 0 saturated heterocycles. The average Bonchev–Trinajstić information content (AvgIpc) is 3.29. The number of benzene rings is 2. The van der Waals surface area contributed by atoms with Crippen LogP contribution in [0.3, 0.4) is 0 Å². The average molecular weight is 420 g/mol. The molecule has 0 radical (unpaired) electrons. The summed E-state index contributed by atoms with van der Waals surface area (Å²) in [7, 11) is 0. The molecule has 0 unspecified atom stereocenters. The molecule has 4 rings (SSSR count). The van der Waals surface area contributed by atoms with E-state index in [1.54, 1.807) is 37.3 Å². The van der Waals surface area contributed by atoms with Crippen molar-refractivity contribution in [1.29, 1.82) is 0 Å². The van der Waals surface area contributed by atoms with Crippen molar-refractivity contribution in [2.45, 2.75) is 51.9 Å². The fourth-order valence-electron chi connectivity index (χ4n) is 3.68. The normalized spacial score (nSPS) is 14.5. The number of carbonyl (C=O) groups is 2. The van der Waals surface area contributed by atoms with E-state index in [-0.39, 0.29) is 23.1 Å². The topological polar surface area (TPSA) is 79.5 Å². The summed E-state index contributed by atoms with van der Waals surface area (Å²) >= 11 is 0. The molecule has 0 bridgehead atoms. The number of fused-ring (bicyclic) bond motifs is 1. The summed E-state index contributed by atoms with van der Waals surface area (Å²) in [5, 5.41) is 19.1. The van der Waals surface area contributed by atoms with Crippen LogP contribution in [0, 0.1) is 0 Å². The molecule has 5 nitrogen and oxygen atoms in total. The number of aromatic nitrogens is 1. The van der Waals surface area contributed by atoms with Crippen molar-refractivity contribution in [3.05, 3.63) is 77.6 Å². The first-order valence-electron chi connectivity index (χ1n) is 10.3. The number of carbonyl (C=O) groups excluding carboxylic acids is 2. The van der Waals surface area contributed by atoms with Crippen molar-refractivity contribution in [2.24, 2.45) is 0 Å². The molecule has 0 saturated carbocycles. The molecule has 0 spiro atoms. The summed E-state index contributed by atoms with van der Waals surface area (Å²) in [5.41, 5.74) is 2.70. The molecule has 1 aliphatic rings. The predicted octanol–water partition coefficient (Wildman–Crippen LogP) is 4.84. The van der Waals surface area contributed by atoms with E-state index in [1.165, 1.54) is 0 Å². The van der Waals surface area contributed by atoms with Gasteiger partial charge in [-0.1, -0.05) is 12.1 Å². The first-order chi connectivity index (χ1) is 14.4. The molecule has 2 aromatic carbocycles. The molecule has 0 amide bonds. The van der Waals surface area contributed by atoms with Crippen LogP contribution in [0.2, 0.25) is 0 Å². The Kier molecular flexibility index (Phi) is 5.81. The van der Waals surface area contributed by atoms with Crippen molar-refractivity contribution in [1.82, 2.24) is 4.57 Å². The summed E-state index contributed by atoms with van der Waals surface area (Å²) in [5.74, 6) is 0.776. The van der Waals surface area contributed by atoms with Crippen LogP contribution in [0.15, 0.2) is 60.9 Å². The van der Waals surface area contributed by atoms with Gasteiger partial charge in [0.05, 0.1) is 5.69 Å². The van der Waals surface area contributed by atoms with Crippen LogP contribution in [-0.4, -0.2) is 26.3 Å². The first kappa shape index (κ1) is 22.3. The van der Waals surface area contributed by atoms with Gasteiger partial charge in [0.15, 0.2) is 0 Å². The number of phenols is 2. The predicted molar refractivity (Wildman–Crippen MR) is 121 cm³/mol. The third kappa shape index (κ3) is 4.26. The second-order valence-electron chi connectivity index (χ2n) is 9.04. The van der Waals surface area contributed by atoms with Crippen LogP contribution < -0.4 is 0 Å². The number of Topliss-reactive ketones (excluding diaryl/α,β-unsaturated/α-hetero) is 2. The number of hydrogen-bond donors (Lipinski definition) is 2. The number of phenolic OH excluding ortho intramolecular Hbond substituents is 2. The van der Waals surface area contributed by atoms with E-state index in [0.29, 0.717) is 6.42 Å². The van der Waals surface area contributed by atoms with Crippen LogP contribution in [0.25, 0.3) is 5.69 Å². The maximum Gasteiger partial charge on any atom is 0.147 e. The molecule has 1 aliphatic carbocycles. The Labute approximate surface area is 183 Å². The quantitative estimate of drug-likeness (QED) is 0.636. The zero-order chi connectivity index (χ0) is 23.0. The highest BCUT2D eigenvalue weighted by molar-refractivity contribution is 5.96. The summed E-state index contributed by atoms with van der Waals surface area (Å²) < 4.78 is 1.86. The SMILES string of the molecule is CC(=O)C(C)(C)c1ccc(O)cc1.CC1(C)C(=O)Cc2cc(O)c(-n3cccc3)cc21. The van der Waals surface area contributed by atoms with Gasteiger partial charge in [-0.05, 0) is 87.7 Å². The molecule has 1 heterocycles. The molecule has 1 aromatic heterocycles. The minimum atomic E-state index is -0.465. The third-order valence-corrected chi connectivity index (χ3v) is 6.27. The lowest BCUT2D eigenvalue weighted by Crippen LogP contribution is -2.26. The smallest absolute Gasteiger partial charge is 0.147 e. The summed E-state index contributed by atoms with van der Waals surface area (Å²) in [6.45, 7) is 9.21. The lowest BCUT2D eigenvalue weighted by atomic mass is 9.81. The highest BCUT2D eigenvalue weighted by Gasteiger charge is 2.38. The lowest BCUT2D eigenvalue weighted by Gasteiger charge is -2.21. The molecule has 0 aliphatic heterocycles. The van der Waals surface area contributed by atoms with Crippen molar-refractivity contribution in [3.63, 3.8) is 0 Å². The van der Waals surface area contributed by atoms with Crippen LogP contribution >= 0.6 is 0 Å². The van der Waals surface area contributed by atoms with Gasteiger partial charge >= 0.3 is 0 Å². The summed E-state index contributed by atoms with van der Waals surface area (Å²) in [6, 6.07) is 14.2.